The topological polar surface area (TPSA) is 63.8 Å². The monoisotopic (exact) mass is 228 g/mol. The summed E-state index contributed by atoms with van der Waals surface area (Å²) in [4.78, 5) is 0.339. The van der Waals surface area contributed by atoms with Gasteiger partial charge in [0.1, 0.15) is 4.99 Å². The van der Waals surface area contributed by atoms with E-state index in [1.165, 1.54) is 0 Å². The van der Waals surface area contributed by atoms with Crippen LogP contribution in [0.4, 0.5) is 5.82 Å². The molecule has 3 N–H and O–H groups in total. The zero-order valence-electron chi connectivity index (χ0n) is 7.86. The minimum Gasteiger partial charge on any atom is -0.389 e. The van der Waals surface area contributed by atoms with Crippen molar-refractivity contribution < 1.29 is 0 Å². The fraction of sp³-hybridized carbons (Fsp3) is 0.375. The van der Waals surface area contributed by atoms with E-state index in [0.717, 1.165) is 17.9 Å². The third-order valence-electron chi connectivity index (χ3n) is 1.58. The maximum Gasteiger partial charge on any atom is 0.158 e. The molecule has 0 amide bonds. The summed E-state index contributed by atoms with van der Waals surface area (Å²) in [5, 5.41) is 10.8. The summed E-state index contributed by atoms with van der Waals surface area (Å²) in [6, 6.07) is 1.76. The zero-order valence-corrected chi connectivity index (χ0v) is 9.49. The van der Waals surface area contributed by atoms with Gasteiger partial charge in [0.2, 0.25) is 0 Å². The number of nitrogens with one attached hydrogen (secondary N) is 1. The lowest BCUT2D eigenvalue weighted by Gasteiger charge is -2.07. The SMILES string of the molecule is CSCCNc1nnccc1C(N)=S. The van der Waals surface area contributed by atoms with Crippen LogP contribution in [0.1, 0.15) is 5.56 Å². The second kappa shape index (κ2) is 5.77. The van der Waals surface area contributed by atoms with E-state index in [-0.39, 0.29) is 0 Å². The molecule has 6 heteroatoms. The van der Waals surface area contributed by atoms with Gasteiger partial charge in [-0.1, -0.05) is 12.2 Å². The Bertz CT molecular complexity index is 316. The molecule has 0 fully saturated rings. The summed E-state index contributed by atoms with van der Waals surface area (Å²) in [6.07, 6.45) is 3.63. The van der Waals surface area contributed by atoms with E-state index in [2.05, 4.69) is 15.5 Å². The molecule has 0 aromatic carbocycles. The van der Waals surface area contributed by atoms with Crippen molar-refractivity contribution in [3.05, 3.63) is 17.8 Å². The molecule has 0 aliphatic rings. The Morgan fingerprint density at radius 1 is 1.71 bits per heavy atom. The predicted molar refractivity (Wildman–Crippen MR) is 64.8 cm³/mol. The van der Waals surface area contributed by atoms with Gasteiger partial charge in [0, 0.05) is 12.3 Å². The van der Waals surface area contributed by atoms with Crippen LogP contribution in [0.5, 0.6) is 0 Å². The summed E-state index contributed by atoms with van der Waals surface area (Å²) in [5.41, 5.74) is 6.28. The molecule has 0 spiro atoms. The van der Waals surface area contributed by atoms with E-state index in [1.54, 1.807) is 24.0 Å². The average molecular weight is 228 g/mol. The number of hydrogen-bond donors (Lipinski definition) is 2. The van der Waals surface area contributed by atoms with Crippen molar-refractivity contribution in [1.29, 1.82) is 0 Å². The van der Waals surface area contributed by atoms with Crippen molar-refractivity contribution in [2.75, 3.05) is 23.9 Å². The largest absolute Gasteiger partial charge is 0.389 e. The highest BCUT2D eigenvalue weighted by Crippen LogP contribution is 2.09. The molecule has 0 radical (unpaired) electrons. The molecule has 0 aliphatic carbocycles. The molecule has 0 saturated heterocycles. The third kappa shape index (κ3) is 3.12. The van der Waals surface area contributed by atoms with Gasteiger partial charge in [-0.2, -0.15) is 16.9 Å². The first-order valence-corrected chi connectivity index (χ1v) is 5.90. The lowest BCUT2D eigenvalue weighted by molar-refractivity contribution is 1.01. The molecule has 0 atom stereocenters. The highest BCUT2D eigenvalue weighted by molar-refractivity contribution is 7.98. The summed E-state index contributed by atoms with van der Waals surface area (Å²) in [7, 11) is 0. The standard InChI is InChI=1S/C8H12N4S2/c1-14-5-4-10-8-6(7(9)13)2-3-11-12-8/h2-3H,4-5H2,1H3,(H2,9,13)(H,10,12). The molecule has 76 valence electrons. The number of aromatic nitrogens is 2. The number of anilines is 1. The van der Waals surface area contributed by atoms with Gasteiger partial charge < -0.3 is 11.1 Å². The first-order valence-electron chi connectivity index (χ1n) is 4.10. The smallest absolute Gasteiger partial charge is 0.158 e. The molecule has 0 bridgehead atoms. The van der Waals surface area contributed by atoms with Crippen LogP contribution in [0.25, 0.3) is 0 Å². The van der Waals surface area contributed by atoms with Gasteiger partial charge in [0.15, 0.2) is 5.82 Å². The Morgan fingerprint density at radius 2 is 2.50 bits per heavy atom. The summed E-state index contributed by atoms with van der Waals surface area (Å²) in [5.74, 6) is 1.67. The first-order chi connectivity index (χ1) is 6.75. The molecule has 1 rings (SSSR count). The number of nitrogens with zero attached hydrogens (tertiary/aromatic N) is 2. The number of hydrogen-bond acceptors (Lipinski definition) is 5. The Labute approximate surface area is 92.7 Å². The minimum absolute atomic E-state index is 0.339. The molecule has 14 heavy (non-hydrogen) atoms. The van der Waals surface area contributed by atoms with Gasteiger partial charge in [-0.3, -0.25) is 0 Å². The van der Waals surface area contributed by atoms with Crippen molar-refractivity contribution in [1.82, 2.24) is 10.2 Å². The Morgan fingerprint density at radius 3 is 3.14 bits per heavy atom. The quantitative estimate of drug-likeness (QED) is 0.576. The fourth-order valence-electron chi connectivity index (χ4n) is 0.933. The molecule has 0 aliphatic heterocycles. The zero-order chi connectivity index (χ0) is 10.4. The van der Waals surface area contributed by atoms with E-state index in [4.69, 9.17) is 18.0 Å². The van der Waals surface area contributed by atoms with Crippen LogP contribution in [0.3, 0.4) is 0 Å². The molecule has 1 aromatic rings. The average Bonchev–Trinajstić information content (AvgIpc) is 2.19. The minimum atomic E-state index is 0.339. The fourth-order valence-corrected chi connectivity index (χ4v) is 1.40. The number of rotatable bonds is 5. The molecule has 0 unspecified atom stereocenters. The third-order valence-corrected chi connectivity index (χ3v) is 2.42. The van der Waals surface area contributed by atoms with Crippen LogP contribution in [0.15, 0.2) is 12.3 Å². The van der Waals surface area contributed by atoms with Gasteiger partial charge in [-0.25, -0.2) is 0 Å². The van der Waals surface area contributed by atoms with Crippen LogP contribution in [0, 0.1) is 0 Å². The van der Waals surface area contributed by atoms with Crippen LogP contribution >= 0.6 is 24.0 Å². The predicted octanol–water partition coefficient (Wildman–Crippen LogP) is 0.886. The van der Waals surface area contributed by atoms with E-state index in [0.29, 0.717) is 10.8 Å². The first kappa shape index (κ1) is 11.2. The molecule has 4 nitrogen and oxygen atoms in total. The Hall–Kier alpha value is -0.880. The highest BCUT2D eigenvalue weighted by atomic mass is 32.2. The van der Waals surface area contributed by atoms with Crippen LogP contribution in [-0.4, -0.2) is 33.7 Å². The Balaban J connectivity index is 2.69. The number of thiocarbonyl (C=S) groups is 1. The number of thioether (sulfide) groups is 1. The molecule has 0 saturated carbocycles. The summed E-state index contributed by atoms with van der Waals surface area (Å²) >= 11 is 6.65. The molecular formula is C8H12N4S2. The Kier molecular flexibility index (Phi) is 4.61. The van der Waals surface area contributed by atoms with Gasteiger partial charge in [0.25, 0.3) is 0 Å². The second-order valence-electron chi connectivity index (χ2n) is 2.58. The lowest BCUT2D eigenvalue weighted by Crippen LogP contribution is -2.16. The highest BCUT2D eigenvalue weighted by Gasteiger charge is 2.05. The summed E-state index contributed by atoms with van der Waals surface area (Å²) in [6.45, 7) is 0.829. The maximum absolute atomic E-state index is 5.54. The molecule has 1 heterocycles. The normalized spacial score (nSPS) is 9.79. The van der Waals surface area contributed by atoms with E-state index < -0.39 is 0 Å². The van der Waals surface area contributed by atoms with Crippen molar-refractivity contribution in [2.45, 2.75) is 0 Å². The molecule has 1 aromatic heterocycles. The van der Waals surface area contributed by atoms with Gasteiger partial charge >= 0.3 is 0 Å². The van der Waals surface area contributed by atoms with Crippen LogP contribution in [0.2, 0.25) is 0 Å². The van der Waals surface area contributed by atoms with Gasteiger partial charge in [-0.15, -0.1) is 5.10 Å². The van der Waals surface area contributed by atoms with E-state index in [1.807, 2.05) is 6.26 Å². The van der Waals surface area contributed by atoms with Crippen molar-refractivity contribution in [3.8, 4) is 0 Å². The maximum atomic E-state index is 5.54. The van der Waals surface area contributed by atoms with Gasteiger partial charge in [-0.05, 0) is 12.3 Å². The number of nitrogens with two attached hydrogens (primary N) is 1. The lowest BCUT2D eigenvalue weighted by atomic mass is 10.3. The van der Waals surface area contributed by atoms with E-state index >= 15 is 0 Å². The van der Waals surface area contributed by atoms with Crippen LogP contribution in [-0.2, 0) is 0 Å². The molecular weight excluding hydrogens is 216 g/mol. The summed E-state index contributed by atoms with van der Waals surface area (Å²) < 4.78 is 0. The van der Waals surface area contributed by atoms with Crippen molar-refractivity contribution in [2.24, 2.45) is 5.73 Å². The van der Waals surface area contributed by atoms with Crippen molar-refractivity contribution in [3.63, 3.8) is 0 Å². The second-order valence-corrected chi connectivity index (χ2v) is 4.00. The van der Waals surface area contributed by atoms with E-state index in [9.17, 15) is 0 Å². The van der Waals surface area contributed by atoms with Crippen molar-refractivity contribution >= 4 is 34.8 Å². The van der Waals surface area contributed by atoms with Crippen LogP contribution < -0.4 is 11.1 Å². The van der Waals surface area contributed by atoms with Gasteiger partial charge in [0.05, 0.1) is 11.8 Å².